The molecule has 2 aromatic rings. The molecule has 0 saturated carbocycles. The van der Waals surface area contributed by atoms with Crippen LogP contribution in [0.4, 0.5) is 10.1 Å². The van der Waals surface area contributed by atoms with Crippen LogP contribution in [-0.2, 0) is 4.79 Å². The Morgan fingerprint density at radius 1 is 1.16 bits per heavy atom. The molecule has 1 heterocycles. The number of nitrogens with zero attached hydrogens (tertiary/aromatic N) is 2. The van der Waals surface area contributed by atoms with E-state index in [1.54, 1.807) is 31.1 Å². The highest BCUT2D eigenvalue weighted by Crippen LogP contribution is 2.30. The molecule has 0 spiro atoms. The molecule has 5 nitrogen and oxygen atoms in total. The largest absolute Gasteiger partial charge is 0.495 e. The molecule has 1 fully saturated rings. The number of anilines is 1. The Labute approximate surface area is 145 Å². The standard InChI is InChI=1S/C19H19FN2O3/c1-13-18(23)22(16-8-3-4-9-17(16)25-2)11-10-21(13)19(24)14-6-5-7-15(20)12-14/h3-9,12-13H,10-11H2,1-2H3. The summed E-state index contributed by atoms with van der Waals surface area (Å²) < 4.78 is 18.7. The van der Waals surface area contributed by atoms with E-state index >= 15 is 0 Å². The number of carbonyl (C=O) groups excluding carboxylic acids is 2. The van der Waals surface area contributed by atoms with Crippen LogP contribution in [0.25, 0.3) is 0 Å². The number of methoxy groups -OCH3 is 1. The highest BCUT2D eigenvalue weighted by molar-refractivity contribution is 6.04. The number of benzene rings is 2. The van der Waals surface area contributed by atoms with E-state index in [-0.39, 0.29) is 17.4 Å². The van der Waals surface area contributed by atoms with Crippen LogP contribution in [0.2, 0.25) is 0 Å². The Morgan fingerprint density at radius 3 is 2.64 bits per heavy atom. The Morgan fingerprint density at radius 2 is 1.92 bits per heavy atom. The van der Waals surface area contributed by atoms with Crippen molar-refractivity contribution in [3.8, 4) is 5.75 Å². The van der Waals surface area contributed by atoms with E-state index < -0.39 is 11.9 Å². The van der Waals surface area contributed by atoms with Gasteiger partial charge in [0.15, 0.2) is 0 Å². The normalized spacial score (nSPS) is 17.6. The quantitative estimate of drug-likeness (QED) is 0.862. The summed E-state index contributed by atoms with van der Waals surface area (Å²) >= 11 is 0. The lowest BCUT2D eigenvalue weighted by Gasteiger charge is -2.39. The molecule has 1 aliphatic heterocycles. The van der Waals surface area contributed by atoms with Crippen molar-refractivity contribution in [1.29, 1.82) is 0 Å². The molecule has 1 saturated heterocycles. The second-order valence-electron chi connectivity index (χ2n) is 5.85. The molecule has 1 unspecified atom stereocenters. The first kappa shape index (κ1) is 17.0. The second kappa shape index (κ2) is 6.93. The van der Waals surface area contributed by atoms with E-state index in [0.717, 1.165) is 0 Å². The van der Waals surface area contributed by atoms with Gasteiger partial charge in [0.2, 0.25) is 5.91 Å². The van der Waals surface area contributed by atoms with Crippen molar-refractivity contribution in [3.05, 3.63) is 59.9 Å². The highest BCUT2D eigenvalue weighted by atomic mass is 19.1. The lowest BCUT2D eigenvalue weighted by Crippen LogP contribution is -2.57. The minimum atomic E-state index is -0.644. The monoisotopic (exact) mass is 342 g/mol. The first-order chi connectivity index (χ1) is 12.0. The maximum atomic E-state index is 13.4. The van der Waals surface area contributed by atoms with E-state index in [4.69, 9.17) is 4.74 Å². The zero-order valence-corrected chi connectivity index (χ0v) is 14.1. The molecule has 2 amide bonds. The Kier molecular flexibility index (Phi) is 4.70. The summed E-state index contributed by atoms with van der Waals surface area (Å²) in [6.45, 7) is 2.39. The molecular weight excluding hydrogens is 323 g/mol. The first-order valence-corrected chi connectivity index (χ1v) is 8.04. The van der Waals surface area contributed by atoms with Crippen LogP contribution in [0.15, 0.2) is 48.5 Å². The molecular formula is C19H19FN2O3. The molecule has 1 aliphatic rings. The fraction of sp³-hybridized carbons (Fsp3) is 0.263. The van der Waals surface area contributed by atoms with Gasteiger partial charge < -0.3 is 14.5 Å². The lowest BCUT2D eigenvalue weighted by atomic mass is 10.1. The fourth-order valence-electron chi connectivity index (χ4n) is 3.03. The topological polar surface area (TPSA) is 49.9 Å². The number of amides is 2. The maximum Gasteiger partial charge on any atom is 0.254 e. The molecule has 3 rings (SSSR count). The first-order valence-electron chi connectivity index (χ1n) is 8.04. The summed E-state index contributed by atoms with van der Waals surface area (Å²) in [5.74, 6) is -0.411. The molecule has 2 aromatic carbocycles. The van der Waals surface area contributed by atoms with Gasteiger partial charge >= 0.3 is 0 Å². The number of piperazine rings is 1. The Bertz CT molecular complexity index is 809. The van der Waals surface area contributed by atoms with Crippen LogP contribution in [0.3, 0.4) is 0 Å². The van der Waals surface area contributed by atoms with Gasteiger partial charge in [-0.25, -0.2) is 4.39 Å². The van der Waals surface area contributed by atoms with Crippen LogP contribution in [0, 0.1) is 5.82 Å². The molecule has 0 aromatic heterocycles. The van der Waals surface area contributed by atoms with Crippen molar-refractivity contribution in [2.24, 2.45) is 0 Å². The van der Waals surface area contributed by atoms with Crippen LogP contribution in [-0.4, -0.2) is 43.0 Å². The van der Waals surface area contributed by atoms with E-state index in [2.05, 4.69) is 0 Å². The van der Waals surface area contributed by atoms with Crippen molar-refractivity contribution in [2.75, 3.05) is 25.1 Å². The molecule has 0 N–H and O–H groups in total. The van der Waals surface area contributed by atoms with Gasteiger partial charge in [-0.15, -0.1) is 0 Å². The molecule has 0 bridgehead atoms. The van der Waals surface area contributed by atoms with Crippen LogP contribution in [0.1, 0.15) is 17.3 Å². The summed E-state index contributed by atoms with van der Waals surface area (Å²) in [5, 5.41) is 0. The Balaban J connectivity index is 1.83. The summed E-state index contributed by atoms with van der Waals surface area (Å²) in [6, 6.07) is 12.1. The third kappa shape index (κ3) is 3.20. The fourth-order valence-corrected chi connectivity index (χ4v) is 3.03. The molecule has 25 heavy (non-hydrogen) atoms. The van der Waals surface area contributed by atoms with E-state index in [1.165, 1.54) is 23.1 Å². The zero-order valence-electron chi connectivity index (χ0n) is 14.1. The van der Waals surface area contributed by atoms with Crippen LogP contribution < -0.4 is 9.64 Å². The van der Waals surface area contributed by atoms with E-state index in [0.29, 0.717) is 24.5 Å². The van der Waals surface area contributed by atoms with Crippen molar-refractivity contribution in [2.45, 2.75) is 13.0 Å². The van der Waals surface area contributed by atoms with Crippen LogP contribution >= 0.6 is 0 Å². The van der Waals surface area contributed by atoms with Crippen molar-refractivity contribution >= 4 is 17.5 Å². The molecule has 6 heteroatoms. The van der Waals surface area contributed by atoms with Gasteiger partial charge in [-0.3, -0.25) is 9.59 Å². The predicted octanol–water partition coefficient (Wildman–Crippen LogP) is 2.71. The van der Waals surface area contributed by atoms with Gasteiger partial charge in [-0.1, -0.05) is 18.2 Å². The van der Waals surface area contributed by atoms with Gasteiger partial charge in [0, 0.05) is 18.7 Å². The van der Waals surface area contributed by atoms with Gasteiger partial charge in [0.1, 0.15) is 17.6 Å². The zero-order chi connectivity index (χ0) is 18.0. The number of ether oxygens (including phenoxy) is 1. The van der Waals surface area contributed by atoms with Gasteiger partial charge in [0.25, 0.3) is 5.91 Å². The summed E-state index contributed by atoms with van der Waals surface area (Å²) in [4.78, 5) is 28.5. The number of para-hydroxylation sites is 2. The highest BCUT2D eigenvalue weighted by Gasteiger charge is 2.36. The average Bonchev–Trinajstić information content (AvgIpc) is 2.63. The molecule has 0 aliphatic carbocycles. The average molecular weight is 342 g/mol. The van der Waals surface area contributed by atoms with Gasteiger partial charge in [-0.05, 0) is 37.3 Å². The van der Waals surface area contributed by atoms with Gasteiger partial charge in [-0.2, -0.15) is 0 Å². The lowest BCUT2D eigenvalue weighted by molar-refractivity contribution is -0.124. The van der Waals surface area contributed by atoms with E-state index in [9.17, 15) is 14.0 Å². The van der Waals surface area contributed by atoms with Crippen molar-refractivity contribution < 1.29 is 18.7 Å². The third-order valence-electron chi connectivity index (χ3n) is 4.36. The van der Waals surface area contributed by atoms with Crippen molar-refractivity contribution in [1.82, 2.24) is 4.90 Å². The summed E-state index contributed by atoms with van der Waals surface area (Å²) in [6.07, 6.45) is 0. The number of rotatable bonds is 3. The summed E-state index contributed by atoms with van der Waals surface area (Å²) in [5.41, 5.74) is 0.921. The van der Waals surface area contributed by atoms with Gasteiger partial charge in [0.05, 0.1) is 12.8 Å². The van der Waals surface area contributed by atoms with E-state index in [1.807, 2.05) is 18.2 Å². The van der Waals surface area contributed by atoms with Crippen LogP contribution in [0.5, 0.6) is 5.75 Å². The number of halogens is 1. The molecule has 1 atom stereocenters. The second-order valence-corrected chi connectivity index (χ2v) is 5.85. The number of hydrogen-bond acceptors (Lipinski definition) is 3. The SMILES string of the molecule is COc1ccccc1N1CCN(C(=O)c2cccc(F)c2)C(C)C1=O. The maximum absolute atomic E-state index is 13.4. The van der Waals surface area contributed by atoms with Crippen molar-refractivity contribution in [3.63, 3.8) is 0 Å². The molecule has 0 radical (unpaired) electrons. The minimum absolute atomic E-state index is 0.194. The molecule has 130 valence electrons. The number of carbonyl (C=O) groups is 2. The minimum Gasteiger partial charge on any atom is -0.495 e. The third-order valence-corrected chi connectivity index (χ3v) is 4.36. The smallest absolute Gasteiger partial charge is 0.254 e. The Hall–Kier alpha value is -2.89. The summed E-state index contributed by atoms with van der Waals surface area (Å²) in [7, 11) is 1.55. The predicted molar refractivity (Wildman–Crippen MR) is 92.2 cm³/mol. The number of hydrogen-bond donors (Lipinski definition) is 0.